The molecule has 1 saturated heterocycles. The number of carbonyl (C=O) groups excluding carboxylic acids is 2. The first-order valence-electron chi connectivity index (χ1n) is 9.31. The van der Waals surface area contributed by atoms with E-state index in [1.165, 1.54) is 0 Å². The van der Waals surface area contributed by atoms with Gasteiger partial charge in [-0.25, -0.2) is 4.79 Å². The Balaban J connectivity index is 0.00000300. The Morgan fingerprint density at radius 1 is 1.38 bits per heavy atom. The van der Waals surface area contributed by atoms with Gasteiger partial charge in [-0.3, -0.25) is 0 Å². The van der Waals surface area contributed by atoms with E-state index in [2.05, 4.69) is 4.98 Å². The van der Waals surface area contributed by atoms with E-state index in [0.717, 1.165) is 10.9 Å². The van der Waals surface area contributed by atoms with Crippen LogP contribution >= 0.6 is 0 Å². The van der Waals surface area contributed by atoms with Gasteiger partial charge in [-0.05, 0) is 32.8 Å². The van der Waals surface area contributed by atoms with E-state index in [9.17, 15) is 19.8 Å². The van der Waals surface area contributed by atoms with Crippen LogP contribution in [0.25, 0.3) is 10.9 Å². The molecular weight excluding hydrogens is 389 g/mol. The molecular formula is C20H24NNaO7. The van der Waals surface area contributed by atoms with Crippen LogP contribution in [0.2, 0.25) is 0 Å². The van der Waals surface area contributed by atoms with E-state index in [1.54, 1.807) is 20.0 Å². The number of carboxylic acid groups (broad SMARTS) is 1. The topological polar surface area (TPSA) is 121 Å². The third-order valence-electron chi connectivity index (χ3n) is 4.85. The molecule has 1 fully saturated rings. The van der Waals surface area contributed by atoms with Crippen molar-refractivity contribution in [2.45, 2.75) is 63.8 Å². The smallest absolute Gasteiger partial charge is 0.550 e. The third kappa shape index (κ3) is 6.04. The van der Waals surface area contributed by atoms with Gasteiger partial charge in [0.1, 0.15) is 12.2 Å². The van der Waals surface area contributed by atoms with Crippen LogP contribution in [0.15, 0.2) is 30.5 Å². The van der Waals surface area contributed by atoms with Gasteiger partial charge < -0.3 is 34.2 Å². The fourth-order valence-corrected chi connectivity index (χ4v) is 3.26. The molecule has 0 spiro atoms. The Kier molecular flexibility index (Phi) is 8.69. The molecule has 0 bridgehead atoms. The molecule has 1 aromatic heterocycles. The number of aliphatic carboxylic acids is 1. The summed E-state index contributed by atoms with van der Waals surface area (Å²) < 4.78 is 16.8. The minimum atomic E-state index is -1.15. The van der Waals surface area contributed by atoms with Crippen molar-refractivity contribution in [3.63, 3.8) is 0 Å². The average molecular weight is 413 g/mol. The number of ether oxygens (including phenoxy) is 3. The largest absolute Gasteiger partial charge is 1.00 e. The summed E-state index contributed by atoms with van der Waals surface area (Å²) in [7, 11) is 0. The van der Waals surface area contributed by atoms with Crippen LogP contribution in [-0.4, -0.2) is 52.7 Å². The number of fused-ring (bicyclic) bond motifs is 1. The number of carboxylic acids is 1. The van der Waals surface area contributed by atoms with Gasteiger partial charge >= 0.3 is 35.5 Å². The summed E-state index contributed by atoms with van der Waals surface area (Å²) in [5, 5.41) is 21.6. The normalized spacial score (nSPS) is 25.2. The van der Waals surface area contributed by atoms with Gasteiger partial charge in [0, 0.05) is 29.5 Å². The van der Waals surface area contributed by atoms with E-state index < -0.39 is 42.6 Å². The number of aromatic amines is 1. The number of hydrogen-bond acceptors (Lipinski definition) is 7. The molecule has 0 saturated carbocycles. The maximum atomic E-state index is 12.6. The molecule has 0 amide bonds. The molecule has 5 atom stereocenters. The Morgan fingerprint density at radius 3 is 2.83 bits per heavy atom. The zero-order valence-corrected chi connectivity index (χ0v) is 18.8. The molecule has 0 unspecified atom stereocenters. The minimum Gasteiger partial charge on any atom is -0.550 e. The standard InChI is InChI=1S/C20H25NO7.Na/c1-11(7-8-18(23)24)26-20-16(22)9-17(12(2)27-20)28-19(25)14-10-21-15-6-4-3-5-13(14)15;/h3-6,10-12,16-17,20-22H,7-9H2,1-2H3,(H,23,24);/q;+1/p-1/t11-,12+,16-,17-,20-;/m1./s1. The van der Waals surface area contributed by atoms with Crippen LogP contribution in [-0.2, 0) is 19.0 Å². The van der Waals surface area contributed by atoms with Crippen LogP contribution in [0, 0.1) is 0 Å². The second kappa shape index (κ2) is 10.6. The van der Waals surface area contributed by atoms with Crippen molar-refractivity contribution >= 4 is 22.8 Å². The number of H-pyrrole nitrogens is 1. The Bertz CT molecular complexity index is 839. The number of para-hydroxylation sites is 1. The molecule has 3 rings (SSSR count). The fraction of sp³-hybridized carbons (Fsp3) is 0.500. The number of esters is 1. The molecule has 1 aliphatic heterocycles. The van der Waals surface area contributed by atoms with Gasteiger partial charge in [-0.2, -0.15) is 0 Å². The van der Waals surface area contributed by atoms with E-state index in [4.69, 9.17) is 14.2 Å². The molecule has 2 heterocycles. The van der Waals surface area contributed by atoms with Gasteiger partial charge in [0.25, 0.3) is 0 Å². The second-order valence-corrected chi connectivity index (χ2v) is 7.06. The molecule has 2 aromatic rings. The summed E-state index contributed by atoms with van der Waals surface area (Å²) in [6, 6.07) is 7.41. The van der Waals surface area contributed by atoms with Gasteiger partial charge in [0.15, 0.2) is 6.29 Å². The molecule has 1 aromatic carbocycles. The molecule has 2 N–H and O–H groups in total. The molecule has 29 heavy (non-hydrogen) atoms. The van der Waals surface area contributed by atoms with Crippen molar-refractivity contribution in [2.75, 3.05) is 0 Å². The number of aliphatic hydroxyl groups excluding tert-OH is 1. The first-order chi connectivity index (χ1) is 13.3. The van der Waals surface area contributed by atoms with Crippen LogP contribution in [0.1, 0.15) is 43.5 Å². The number of aliphatic hydroxyl groups is 1. The van der Waals surface area contributed by atoms with Crippen molar-refractivity contribution in [3.05, 3.63) is 36.0 Å². The minimum absolute atomic E-state index is 0. The van der Waals surface area contributed by atoms with E-state index >= 15 is 0 Å². The third-order valence-corrected chi connectivity index (χ3v) is 4.85. The Morgan fingerprint density at radius 2 is 2.10 bits per heavy atom. The van der Waals surface area contributed by atoms with Gasteiger partial charge in [-0.15, -0.1) is 0 Å². The molecule has 0 radical (unpaired) electrons. The fourth-order valence-electron chi connectivity index (χ4n) is 3.26. The number of hydrogen-bond donors (Lipinski definition) is 2. The number of rotatable bonds is 7. The van der Waals surface area contributed by atoms with Crippen LogP contribution in [0.3, 0.4) is 0 Å². The number of carbonyl (C=O) groups is 2. The molecule has 152 valence electrons. The molecule has 8 nitrogen and oxygen atoms in total. The number of nitrogens with one attached hydrogen (secondary N) is 1. The van der Waals surface area contributed by atoms with E-state index in [0.29, 0.717) is 5.56 Å². The number of benzene rings is 1. The van der Waals surface area contributed by atoms with Crippen LogP contribution in [0.4, 0.5) is 0 Å². The van der Waals surface area contributed by atoms with Gasteiger partial charge in [0.05, 0.1) is 17.8 Å². The molecule has 1 aliphatic rings. The Hall–Kier alpha value is -1.42. The predicted molar refractivity (Wildman–Crippen MR) is 97.2 cm³/mol. The number of aromatic nitrogens is 1. The van der Waals surface area contributed by atoms with Gasteiger partial charge in [-0.1, -0.05) is 18.2 Å². The SMILES string of the molecule is C[C@H](CCC(=O)[O-])O[C@@H]1O[C@@H](C)[C@H](OC(=O)c2c[nH]c3ccccc23)C[C@H]1O.[Na+]. The van der Waals surface area contributed by atoms with Crippen molar-refractivity contribution < 1.29 is 63.6 Å². The summed E-state index contributed by atoms with van der Waals surface area (Å²) in [6.45, 7) is 3.44. The second-order valence-electron chi connectivity index (χ2n) is 7.06. The van der Waals surface area contributed by atoms with Crippen LogP contribution in [0.5, 0.6) is 0 Å². The van der Waals surface area contributed by atoms with E-state index in [-0.39, 0.29) is 48.8 Å². The summed E-state index contributed by atoms with van der Waals surface area (Å²) in [4.78, 5) is 26.1. The van der Waals surface area contributed by atoms with Crippen molar-refractivity contribution in [2.24, 2.45) is 0 Å². The van der Waals surface area contributed by atoms with Crippen molar-refractivity contribution in [1.82, 2.24) is 4.98 Å². The van der Waals surface area contributed by atoms with Crippen molar-refractivity contribution in [3.8, 4) is 0 Å². The monoisotopic (exact) mass is 413 g/mol. The average Bonchev–Trinajstić information content (AvgIpc) is 3.08. The van der Waals surface area contributed by atoms with E-state index in [1.807, 2.05) is 24.3 Å². The van der Waals surface area contributed by atoms with Gasteiger partial charge in [0.2, 0.25) is 0 Å². The quantitative estimate of drug-likeness (QED) is 0.403. The van der Waals surface area contributed by atoms with Crippen molar-refractivity contribution in [1.29, 1.82) is 0 Å². The summed E-state index contributed by atoms with van der Waals surface area (Å²) in [5.41, 5.74) is 1.26. The first-order valence-corrected chi connectivity index (χ1v) is 9.31. The Labute approximate surface area is 190 Å². The summed E-state index contributed by atoms with van der Waals surface area (Å²) in [5.74, 6) is -1.65. The maximum Gasteiger partial charge on any atom is 1.00 e. The molecule has 9 heteroatoms. The summed E-state index contributed by atoms with van der Waals surface area (Å²) >= 11 is 0. The van der Waals surface area contributed by atoms with Crippen LogP contribution < -0.4 is 34.7 Å². The first kappa shape index (κ1) is 23.9. The predicted octanol–water partition coefficient (Wildman–Crippen LogP) is -1.87. The zero-order valence-electron chi connectivity index (χ0n) is 16.8. The summed E-state index contributed by atoms with van der Waals surface area (Å²) in [6.07, 6.45) is -1.57. The zero-order chi connectivity index (χ0) is 20.3. The maximum absolute atomic E-state index is 12.6. The molecule has 0 aliphatic carbocycles.